The molecule has 0 unspecified atom stereocenters. The van der Waals surface area contributed by atoms with E-state index in [0.29, 0.717) is 9.13 Å². The van der Waals surface area contributed by atoms with Gasteiger partial charge in [0.2, 0.25) is 0 Å². The lowest BCUT2D eigenvalue weighted by Crippen LogP contribution is -2.13. The summed E-state index contributed by atoms with van der Waals surface area (Å²) in [6.45, 7) is 1.63. The van der Waals surface area contributed by atoms with Crippen LogP contribution in [0.15, 0.2) is 10.9 Å². The molecule has 0 amide bonds. The first-order valence-electron chi connectivity index (χ1n) is 3.20. The van der Waals surface area contributed by atoms with Gasteiger partial charge in [0.15, 0.2) is 0 Å². The molecule has 0 aliphatic heterocycles. The maximum absolute atomic E-state index is 12.1. The largest absolute Gasteiger partial charge is 0.320 e. The number of halogens is 3. The lowest BCUT2D eigenvalue weighted by Gasteiger charge is -2.01. The van der Waals surface area contributed by atoms with Gasteiger partial charge in [-0.25, -0.2) is 8.78 Å². The minimum Gasteiger partial charge on any atom is -0.320 e. The highest BCUT2D eigenvalue weighted by molar-refractivity contribution is 14.1. The van der Waals surface area contributed by atoms with E-state index in [0.717, 1.165) is 0 Å². The molecule has 0 aromatic carbocycles. The SMILES string of the molecule is Cc1cc(C(F)F)[nH]c(=O)c1I. The van der Waals surface area contributed by atoms with E-state index in [9.17, 15) is 13.6 Å². The molecule has 0 aliphatic rings. The summed E-state index contributed by atoms with van der Waals surface area (Å²) in [6.07, 6.45) is -2.62. The molecule has 1 aromatic heterocycles. The summed E-state index contributed by atoms with van der Waals surface area (Å²) in [5.41, 5.74) is -0.196. The van der Waals surface area contributed by atoms with Crippen molar-refractivity contribution in [2.45, 2.75) is 13.3 Å². The van der Waals surface area contributed by atoms with E-state index in [1.165, 1.54) is 6.07 Å². The third kappa shape index (κ3) is 1.82. The molecular formula is C7H6F2INO. The van der Waals surface area contributed by atoms with Crippen molar-refractivity contribution >= 4 is 22.6 Å². The third-order valence-electron chi connectivity index (χ3n) is 1.41. The Bertz CT molecular complexity index is 348. The van der Waals surface area contributed by atoms with E-state index in [4.69, 9.17) is 0 Å². The average Bonchev–Trinajstić information content (AvgIpc) is 1.99. The second kappa shape index (κ2) is 3.51. The molecule has 1 aromatic rings. The Morgan fingerprint density at radius 1 is 1.58 bits per heavy atom. The van der Waals surface area contributed by atoms with Gasteiger partial charge in [-0.1, -0.05) is 0 Å². The van der Waals surface area contributed by atoms with Gasteiger partial charge >= 0.3 is 0 Å². The number of hydrogen-bond acceptors (Lipinski definition) is 1. The van der Waals surface area contributed by atoms with Gasteiger partial charge < -0.3 is 4.98 Å². The second-order valence-electron chi connectivity index (χ2n) is 2.35. The van der Waals surface area contributed by atoms with Crippen LogP contribution in [0.1, 0.15) is 17.7 Å². The first-order chi connectivity index (χ1) is 5.52. The Hall–Kier alpha value is -0.460. The Labute approximate surface area is 81.1 Å². The fourth-order valence-electron chi connectivity index (χ4n) is 0.815. The topological polar surface area (TPSA) is 32.9 Å². The summed E-state index contributed by atoms with van der Waals surface area (Å²) in [4.78, 5) is 13.1. The molecule has 0 atom stereocenters. The van der Waals surface area contributed by atoms with Crippen LogP contribution in [0, 0.1) is 10.5 Å². The maximum atomic E-state index is 12.1. The van der Waals surface area contributed by atoms with E-state index < -0.39 is 12.0 Å². The number of rotatable bonds is 1. The van der Waals surface area contributed by atoms with Crippen LogP contribution in [-0.2, 0) is 0 Å². The van der Waals surface area contributed by atoms with Crippen LogP contribution in [0.2, 0.25) is 0 Å². The normalized spacial score (nSPS) is 10.8. The lowest BCUT2D eigenvalue weighted by atomic mass is 10.2. The first-order valence-corrected chi connectivity index (χ1v) is 4.27. The van der Waals surface area contributed by atoms with Gasteiger partial charge in [-0.15, -0.1) is 0 Å². The number of H-pyrrole nitrogens is 1. The predicted molar refractivity (Wildman–Crippen MR) is 49.5 cm³/mol. The molecule has 1 N–H and O–H groups in total. The molecule has 12 heavy (non-hydrogen) atoms. The van der Waals surface area contributed by atoms with E-state index in [-0.39, 0.29) is 5.69 Å². The van der Waals surface area contributed by atoms with Gasteiger partial charge in [-0.2, -0.15) is 0 Å². The summed E-state index contributed by atoms with van der Waals surface area (Å²) < 4.78 is 24.6. The van der Waals surface area contributed by atoms with E-state index in [1.54, 1.807) is 6.92 Å². The van der Waals surface area contributed by atoms with Crippen molar-refractivity contribution in [3.05, 3.63) is 31.2 Å². The zero-order valence-electron chi connectivity index (χ0n) is 6.20. The smallest absolute Gasteiger partial charge is 0.278 e. The van der Waals surface area contributed by atoms with Crippen LogP contribution in [0.5, 0.6) is 0 Å². The maximum Gasteiger partial charge on any atom is 0.278 e. The molecule has 5 heteroatoms. The van der Waals surface area contributed by atoms with Crippen molar-refractivity contribution < 1.29 is 8.78 Å². The van der Waals surface area contributed by atoms with E-state index >= 15 is 0 Å². The van der Waals surface area contributed by atoms with Crippen molar-refractivity contribution in [1.82, 2.24) is 4.98 Å². The molecule has 0 spiro atoms. The molecule has 66 valence electrons. The van der Waals surface area contributed by atoms with Crippen molar-refractivity contribution in [3.63, 3.8) is 0 Å². The fourth-order valence-corrected chi connectivity index (χ4v) is 1.11. The minimum absolute atomic E-state index is 0.321. The highest BCUT2D eigenvalue weighted by Crippen LogP contribution is 2.17. The molecule has 0 saturated carbocycles. The third-order valence-corrected chi connectivity index (χ3v) is 2.75. The summed E-state index contributed by atoms with van der Waals surface area (Å²) >= 11 is 1.82. The lowest BCUT2D eigenvalue weighted by molar-refractivity contribution is 0.145. The Morgan fingerprint density at radius 2 is 2.17 bits per heavy atom. The molecule has 0 bridgehead atoms. The van der Waals surface area contributed by atoms with Crippen molar-refractivity contribution in [2.75, 3.05) is 0 Å². The number of alkyl halides is 2. The Balaban J connectivity index is 3.31. The van der Waals surface area contributed by atoms with Gasteiger partial charge in [-0.3, -0.25) is 4.79 Å². The number of aryl methyl sites for hydroxylation is 1. The fraction of sp³-hybridized carbons (Fsp3) is 0.286. The van der Waals surface area contributed by atoms with Crippen LogP contribution < -0.4 is 5.56 Å². The zero-order chi connectivity index (χ0) is 9.30. The highest BCUT2D eigenvalue weighted by Gasteiger charge is 2.10. The summed E-state index contributed by atoms with van der Waals surface area (Å²) in [5.74, 6) is 0. The number of pyridine rings is 1. The van der Waals surface area contributed by atoms with Crippen LogP contribution in [-0.4, -0.2) is 4.98 Å². The van der Waals surface area contributed by atoms with Crippen molar-refractivity contribution in [2.24, 2.45) is 0 Å². The summed E-state index contributed by atoms with van der Waals surface area (Å²) in [7, 11) is 0. The molecule has 0 fully saturated rings. The highest BCUT2D eigenvalue weighted by atomic mass is 127. The molecule has 1 heterocycles. The Kier molecular flexibility index (Phi) is 2.81. The van der Waals surface area contributed by atoms with Crippen LogP contribution in [0.4, 0.5) is 8.78 Å². The van der Waals surface area contributed by atoms with Crippen LogP contribution >= 0.6 is 22.6 Å². The van der Waals surface area contributed by atoms with Crippen LogP contribution in [0.25, 0.3) is 0 Å². The van der Waals surface area contributed by atoms with Crippen molar-refractivity contribution in [1.29, 1.82) is 0 Å². The first kappa shape index (κ1) is 9.63. The molecular weight excluding hydrogens is 279 g/mol. The van der Waals surface area contributed by atoms with Gasteiger partial charge in [0.25, 0.3) is 12.0 Å². The Morgan fingerprint density at radius 3 is 2.58 bits per heavy atom. The predicted octanol–water partition coefficient (Wildman–Crippen LogP) is 2.23. The number of aromatic nitrogens is 1. The summed E-state index contributed by atoms with van der Waals surface area (Å²) in [5, 5.41) is 0. The molecule has 2 nitrogen and oxygen atoms in total. The minimum atomic E-state index is -2.62. The molecule has 1 rings (SSSR count). The average molecular weight is 285 g/mol. The van der Waals surface area contributed by atoms with Gasteiger partial charge in [0, 0.05) is 0 Å². The van der Waals surface area contributed by atoms with Gasteiger partial charge in [-0.05, 0) is 41.1 Å². The monoisotopic (exact) mass is 285 g/mol. The number of aromatic amines is 1. The summed E-state index contributed by atoms with van der Waals surface area (Å²) in [6, 6.07) is 1.29. The van der Waals surface area contributed by atoms with Gasteiger partial charge in [0.1, 0.15) is 0 Å². The van der Waals surface area contributed by atoms with Crippen molar-refractivity contribution in [3.8, 4) is 0 Å². The number of nitrogens with one attached hydrogen (secondary N) is 1. The van der Waals surface area contributed by atoms with Crippen LogP contribution in [0.3, 0.4) is 0 Å². The standard InChI is InChI=1S/C7H6F2INO/c1-3-2-4(6(8)9)11-7(12)5(3)10/h2,6H,1H3,(H,11,12). The second-order valence-corrected chi connectivity index (χ2v) is 3.43. The number of hydrogen-bond donors (Lipinski definition) is 1. The van der Waals surface area contributed by atoms with Gasteiger partial charge in [0.05, 0.1) is 9.26 Å². The quantitative estimate of drug-likeness (QED) is 0.788. The molecule has 0 saturated heterocycles. The molecule has 0 radical (unpaired) electrons. The molecule has 0 aliphatic carbocycles. The van der Waals surface area contributed by atoms with E-state index in [1.807, 2.05) is 22.6 Å². The van der Waals surface area contributed by atoms with E-state index in [2.05, 4.69) is 4.98 Å². The zero-order valence-corrected chi connectivity index (χ0v) is 8.35.